The van der Waals surface area contributed by atoms with Crippen LogP contribution < -0.4 is 10.2 Å². The first-order valence-electron chi connectivity index (χ1n) is 8.69. The van der Waals surface area contributed by atoms with Gasteiger partial charge in [0.1, 0.15) is 5.75 Å². The second kappa shape index (κ2) is 10.0. The molecule has 0 aliphatic rings. The van der Waals surface area contributed by atoms with Crippen LogP contribution in [0.5, 0.6) is 5.75 Å². The number of benzene rings is 2. The van der Waals surface area contributed by atoms with Crippen molar-refractivity contribution in [3.63, 3.8) is 0 Å². The van der Waals surface area contributed by atoms with Gasteiger partial charge in [-0.15, -0.1) is 11.8 Å². The van der Waals surface area contributed by atoms with Gasteiger partial charge in [0, 0.05) is 5.75 Å². The summed E-state index contributed by atoms with van der Waals surface area (Å²) < 4.78 is 5.42. The Balaban J connectivity index is 1.80. The van der Waals surface area contributed by atoms with Crippen LogP contribution in [0, 0.1) is 13.8 Å². The lowest BCUT2D eigenvalue weighted by Crippen LogP contribution is -2.21. The van der Waals surface area contributed by atoms with E-state index in [9.17, 15) is 4.79 Å². The average molecular weight is 371 g/mol. The summed E-state index contributed by atoms with van der Waals surface area (Å²) in [5.74, 6) is 1.94. The summed E-state index contributed by atoms with van der Waals surface area (Å²) in [5.41, 5.74) is 8.09. The highest BCUT2D eigenvalue weighted by Gasteiger charge is 2.04. The lowest BCUT2D eigenvalue weighted by atomic mass is 10.1. The molecule has 0 saturated heterocycles. The van der Waals surface area contributed by atoms with Crippen molar-refractivity contribution in [3.05, 3.63) is 64.7 Å². The molecule has 0 spiro atoms. The van der Waals surface area contributed by atoms with E-state index in [1.807, 2.05) is 38.1 Å². The lowest BCUT2D eigenvalue weighted by Gasteiger charge is -2.06. The number of hydrogen-bond donors (Lipinski definition) is 1. The molecule has 2 rings (SSSR count). The monoisotopic (exact) mass is 370 g/mol. The predicted octanol–water partition coefficient (Wildman–Crippen LogP) is 4.48. The van der Waals surface area contributed by atoms with Crippen molar-refractivity contribution >= 4 is 23.4 Å². The maximum atomic E-state index is 12.0. The molecular weight excluding hydrogens is 344 g/mol. The van der Waals surface area contributed by atoms with Crippen molar-refractivity contribution in [2.45, 2.75) is 33.4 Å². The van der Waals surface area contributed by atoms with Gasteiger partial charge in [-0.2, -0.15) is 5.10 Å². The molecular formula is C21H26N2O2S. The van der Waals surface area contributed by atoms with Gasteiger partial charge in [-0.1, -0.05) is 29.3 Å². The summed E-state index contributed by atoms with van der Waals surface area (Å²) in [6.45, 7) is 8.65. The van der Waals surface area contributed by atoms with Gasteiger partial charge in [-0.25, -0.2) is 5.43 Å². The summed E-state index contributed by atoms with van der Waals surface area (Å²) in [6.07, 6.45) is 0. The van der Waals surface area contributed by atoms with E-state index in [-0.39, 0.29) is 5.91 Å². The Morgan fingerprint density at radius 2 is 1.77 bits per heavy atom. The van der Waals surface area contributed by atoms with E-state index in [0.717, 1.165) is 22.8 Å². The summed E-state index contributed by atoms with van der Waals surface area (Å²) in [5, 5.41) is 4.19. The lowest BCUT2D eigenvalue weighted by molar-refractivity contribution is -0.118. The maximum absolute atomic E-state index is 12.0. The molecule has 2 aromatic carbocycles. The van der Waals surface area contributed by atoms with E-state index < -0.39 is 0 Å². The molecule has 4 nitrogen and oxygen atoms in total. The van der Waals surface area contributed by atoms with Crippen LogP contribution in [0.3, 0.4) is 0 Å². The van der Waals surface area contributed by atoms with E-state index >= 15 is 0 Å². The first kappa shape index (κ1) is 20.0. The zero-order chi connectivity index (χ0) is 18.9. The van der Waals surface area contributed by atoms with E-state index in [2.05, 4.69) is 42.6 Å². The third-order valence-corrected chi connectivity index (χ3v) is 4.72. The normalized spacial score (nSPS) is 11.3. The molecule has 0 aliphatic carbocycles. The van der Waals surface area contributed by atoms with Gasteiger partial charge >= 0.3 is 0 Å². The van der Waals surface area contributed by atoms with Crippen LogP contribution in [0.25, 0.3) is 0 Å². The third-order valence-electron chi connectivity index (χ3n) is 3.71. The van der Waals surface area contributed by atoms with Gasteiger partial charge in [0.2, 0.25) is 5.91 Å². The molecule has 0 aromatic heterocycles. The number of nitrogens with one attached hydrogen (secondary N) is 1. The minimum Gasteiger partial charge on any atom is -0.494 e. The summed E-state index contributed by atoms with van der Waals surface area (Å²) in [6, 6.07) is 14.1. The Morgan fingerprint density at radius 3 is 2.38 bits per heavy atom. The second-order valence-corrected chi connectivity index (χ2v) is 7.16. The van der Waals surface area contributed by atoms with Crippen molar-refractivity contribution in [2.24, 2.45) is 5.10 Å². The fraction of sp³-hybridized carbons (Fsp3) is 0.333. The van der Waals surface area contributed by atoms with Crippen LogP contribution in [0.2, 0.25) is 0 Å². The second-order valence-electron chi connectivity index (χ2n) is 6.18. The van der Waals surface area contributed by atoms with Gasteiger partial charge in [-0.05, 0) is 63.1 Å². The molecule has 0 unspecified atom stereocenters. The number of rotatable bonds is 8. The number of aryl methyl sites for hydroxylation is 2. The average Bonchev–Trinajstić information content (AvgIpc) is 2.60. The summed E-state index contributed by atoms with van der Waals surface area (Å²) >= 11 is 1.59. The van der Waals surface area contributed by atoms with Crippen molar-refractivity contribution in [3.8, 4) is 5.75 Å². The largest absolute Gasteiger partial charge is 0.494 e. The summed E-state index contributed by atoms with van der Waals surface area (Å²) in [7, 11) is 0. The fourth-order valence-electron chi connectivity index (χ4n) is 2.62. The van der Waals surface area contributed by atoms with E-state index in [1.165, 1.54) is 16.7 Å². The number of ether oxygens (including phenoxy) is 1. The quantitative estimate of drug-likeness (QED) is 0.551. The van der Waals surface area contributed by atoms with E-state index in [0.29, 0.717) is 12.4 Å². The molecule has 0 bridgehead atoms. The SMILES string of the molecule is CCOc1ccc(/C(C)=N\NC(=O)CSCc2cc(C)cc(C)c2)cc1. The first-order valence-corrected chi connectivity index (χ1v) is 9.84. The Hall–Kier alpha value is -2.27. The third kappa shape index (κ3) is 6.56. The topological polar surface area (TPSA) is 50.7 Å². The molecule has 26 heavy (non-hydrogen) atoms. The van der Waals surface area contributed by atoms with E-state index in [1.54, 1.807) is 11.8 Å². The first-order chi connectivity index (χ1) is 12.5. The highest BCUT2D eigenvalue weighted by molar-refractivity contribution is 7.99. The molecule has 0 radical (unpaired) electrons. The van der Waals surface area contributed by atoms with Crippen LogP contribution in [0.1, 0.15) is 36.1 Å². The zero-order valence-corrected chi connectivity index (χ0v) is 16.7. The smallest absolute Gasteiger partial charge is 0.250 e. The molecule has 0 aliphatic heterocycles. The minimum atomic E-state index is -0.0929. The highest BCUT2D eigenvalue weighted by atomic mass is 32.2. The Bertz CT molecular complexity index is 750. The number of amides is 1. The molecule has 1 amide bonds. The molecule has 1 N–H and O–H groups in total. The van der Waals surface area contributed by atoms with Crippen LogP contribution in [-0.4, -0.2) is 24.0 Å². The molecule has 5 heteroatoms. The van der Waals surface area contributed by atoms with Crippen LogP contribution in [0.15, 0.2) is 47.6 Å². The van der Waals surface area contributed by atoms with Gasteiger partial charge in [-0.3, -0.25) is 4.79 Å². The van der Waals surface area contributed by atoms with Gasteiger partial charge in [0.25, 0.3) is 0 Å². The van der Waals surface area contributed by atoms with E-state index in [4.69, 9.17) is 4.74 Å². The van der Waals surface area contributed by atoms with Crippen LogP contribution in [-0.2, 0) is 10.5 Å². The molecule has 138 valence electrons. The number of thioether (sulfide) groups is 1. The maximum Gasteiger partial charge on any atom is 0.250 e. The number of carbonyl (C=O) groups excluding carboxylic acids is 1. The summed E-state index contributed by atoms with van der Waals surface area (Å²) in [4.78, 5) is 12.0. The van der Waals surface area contributed by atoms with Gasteiger partial charge < -0.3 is 4.74 Å². The molecule has 2 aromatic rings. The van der Waals surface area contributed by atoms with Crippen LogP contribution >= 0.6 is 11.8 Å². The number of nitrogens with zero attached hydrogens (tertiary/aromatic N) is 1. The number of hydrogen-bond acceptors (Lipinski definition) is 4. The standard InChI is InChI=1S/C21H26N2O2S/c1-5-25-20-8-6-19(7-9-20)17(4)22-23-21(24)14-26-13-18-11-15(2)10-16(3)12-18/h6-12H,5,13-14H2,1-4H3,(H,23,24)/b22-17-. The Morgan fingerprint density at radius 1 is 1.12 bits per heavy atom. The minimum absolute atomic E-state index is 0.0929. The molecule has 0 atom stereocenters. The number of carbonyl (C=O) groups is 1. The number of hydrazone groups is 1. The predicted molar refractivity (Wildman–Crippen MR) is 110 cm³/mol. The zero-order valence-electron chi connectivity index (χ0n) is 15.8. The van der Waals surface area contributed by atoms with Crippen molar-refractivity contribution in [1.29, 1.82) is 0 Å². The highest BCUT2D eigenvalue weighted by Crippen LogP contribution is 2.16. The van der Waals surface area contributed by atoms with Crippen LogP contribution in [0.4, 0.5) is 0 Å². The molecule has 0 heterocycles. The van der Waals surface area contributed by atoms with Gasteiger partial charge in [0.15, 0.2) is 0 Å². The molecule has 0 saturated carbocycles. The van der Waals surface area contributed by atoms with Crippen molar-refractivity contribution in [2.75, 3.05) is 12.4 Å². The molecule has 0 fully saturated rings. The Labute approximate surface area is 160 Å². The fourth-order valence-corrected chi connectivity index (χ4v) is 3.37. The van der Waals surface area contributed by atoms with Crippen molar-refractivity contribution < 1.29 is 9.53 Å². The Kier molecular flexibility index (Phi) is 7.73. The van der Waals surface area contributed by atoms with Gasteiger partial charge in [0.05, 0.1) is 18.1 Å². The van der Waals surface area contributed by atoms with Crippen molar-refractivity contribution in [1.82, 2.24) is 5.43 Å².